The third-order valence-electron chi connectivity index (χ3n) is 2.48. The number of carbonyl (C=O) groups is 1. The van der Waals surface area contributed by atoms with E-state index in [0.29, 0.717) is 12.5 Å². The molecule has 0 spiro atoms. The van der Waals surface area contributed by atoms with E-state index in [-0.39, 0.29) is 5.91 Å². The molecule has 2 N–H and O–H groups in total. The van der Waals surface area contributed by atoms with Gasteiger partial charge < -0.3 is 10.6 Å². The monoisotopic (exact) mass is 220 g/mol. The van der Waals surface area contributed by atoms with Gasteiger partial charge in [0.1, 0.15) is 0 Å². The van der Waals surface area contributed by atoms with Gasteiger partial charge >= 0.3 is 0 Å². The van der Waals surface area contributed by atoms with Crippen molar-refractivity contribution in [3.05, 3.63) is 35.4 Å². The highest BCUT2D eigenvalue weighted by Gasteiger charge is 2.06. The normalized spacial score (nSPS) is 12.2. The van der Waals surface area contributed by atoms with Gasteiger partial charge in [0.05, 0.1) is 0 Å². The molecule has 3 nitrogen and oxygen atoms in total. The number of benzene rings is 1. The molecule has 0 bridgehead atoms. The number of hydrogen-bond acceptors (Lipinski definition) is 2. The fourth-order valence-electron chi connectivity index (χ4n) is 1.49. The van der Waals surface area contributed by atoms with Gasteiger partial charge in [-0.1, -0.05) is 24.6 Å². The Bertz CT molecular complexity index is 332. The first-order valence-corrected chi connectivity index (χ1v) is 5.63. The third-order valence-corrected chi connectivity index (χ3v) is 2.48. The molecule has 1 atom stereocenters. The number of rotatable bonds is 5. The van der Waals surface area contributed by atoms with Crippen molar-refractivity contribution in [1.29, 1.82) is 0 Å². The molecule has 0 aliphatic heterocycles. The van der Waals surface area contributed by atoms with Crippen LogP contribution in [0.15, 0.2) is 24.3 Å². The SMILES string of the molecule is CNCC(C)CNC(=O)c1ccc(C)cc1. The van der Waals surface area contributed by atoms with Crippen molar-refractivity contribution in [2.75, 3.05) is 20.1 Å². The molecule has 1 aromatic carbocycles. The molecular weight excluding hydrogens is 200 g/mol. The summed E-state index contributed by atoms with van der Waals surface area (Å²) in [6.45, 7) is 5.73. The lowest BCUT2D eigenvalue weighted by molar-refractivity contribution is 0.0948. The van der Waals surface area contributed by atoms with Gasteiger partial charge in [-0.3, -0.25) is 4.79 Å². The van der Waals surface area contributed by atoms with E-state index in [4.69, 9.17) is 0 Å². The highest BCUT2D eigenvalue weighted by atomic mass is 16.1. The predicted octanol–water partition coefficient (Wildman–Crippen LogP) is 1.58. The van der Waals surface area contributed by atoms with Crippen LogP contribution >= 0.6 is 0 Å². The molecule has 16 heavy (non-hydrogen) atoms. The summed E-state index contributed by atoms with van der Waals surface area (Å²) in [6, 6.07) is 7.61. The minimum atomic E-state index is 0.00273. The zero-order chi connectivity index (χ0) is 12.0. The van der Waals surface area contributed by atoms with E-state index >= 15 is 0 Å². The maximum absolute atomic E-state index is 11.7. The first kappa shape index (κ1) is 12.7. The zero-order valence-electron chi connectivity index (χ0n) is 10.2. The molecule has 0 fully saturated rings. The lowest BCUT2D eigenvalue weighted by Gasteiger charge is -2.11. The third kappa shape index (κ3) is 4.03. The van der Waals surface area contributed by atoms with E-state index < -0.39 is 0 Å². The number of amides is 1. The van der Waals surface area contributed by atoms with Gasteiger partial charge in [-0.2, -0.15) is 0 Å². The summed E-state index contributed by atoms with van der Waals surface area (Å²) < 4.78 is 0. The zero-order valence-corrected chi connectivity index (χ0v) is 10.2. The summed E-state index contributed by atoms with van der Waals surface area (Å²) >= 11 is 0. The van der Waals surface area contributed by atoms with Crippen LogP contribution in [0.4, 0.5) is 0 Å². The Balaban J connectivity index is 2.43. The van der Waals surface area contributed by atoms with Crippen molar-refractivity contribution in [2.45, 2.75) is 13.8 Å². The summed E-state index contributed by atoms with van der Waals surface area (Å²) in [6.07, 6.45) is 0. The maximum atomic E-state index is 11.7. The lowest BCUT2D eigenvalue weighted by Crippen LogP contribution is -2.32. The van der Waals surface area contributed by atoms with Crippen LogP contribution in [0.25, 0.3) is 0 Å². The second kappa shape index (κ2) is 6.28. The van der Waals surface area contributed by atoms with Gasteiger partial charge in [0.15, 0.2) is 0 Å². The molecular formula is C13H20N2O. The van der Waals surface area contributed by atoms with Gasteiger partial charge in [0.2, 0.25) is 0 Å². The van der Waals surface area contributed by atoms with E-state index in [2.05, 4.69) is 17.6 Å². The Morgan fingerprint density at radius 3 is 2.44 bits per heavy atom. The van der Waals surface area contributed by atoms with Gasteiger partial charge in [-0.25, -0.2) is 0 Å². The minimum absolute atomic E-state index is 0.00273. The van der Waals surface area contributed by atoms with Crippen LogP contribution in [0, 0.1) is 12.8 Å². The minimum Gasteiger partial charge on any atom is -0.352 e. The first-order chi connectivity index (χ1) is 7.63. The molecule has 1 rings (SSSR count). The Morgan fingerprint density at radius 1 is 1.25 bits per heavy atom. The smallest absolute Gasteiger partial charge is 0.251 e. The summed E-state index contributed by atoms with van der Waals surface area (Å²) in [5.74, 6) is 0.447. The molecule has 1 amide bonds. The predicted molar refractivity (Wildman–Crippen MR) is 66.6 cm³/mol. The number of nitrogens with one attached hydrogen (secondary N) is 2. The largest absolute Gasteiger partial charge is 0.352 e. The van der Waals surface area contributed by atoms with Crippen molar-refractivity contribution < 1.29 is 4.79 Å². The van der Waals surface area contributed by atoms with Crippen molar-refractivity contribution in [3.8, 4) is 0 Å². The molecule has 1 aromatic rings. The summed E-state index contributed by atoms with van der Waals surface area (Å²) in [4.78, 5) is 11.7. The Morgan fingerprint density at radius 2 is 1.88 bits per heavy atom. The highest BCUT2D eigenvalue weighted by molar-refractivity contribution is 5.94. The van der Waals surface area contributed by atoms with Gasteiger partial charge in [-0.05, 0) is 38.6 Å². The fraction of sp³-hybridized carbons (Fsp3) is 0.462. The van der Waals surface area contributed by atoms with Crippen LogP contribution in [0.5, 0.6) is 0 Å². The average Bonchev–Trinajstić information content (AvgIpc) is 2.27. The van der Waals surface area contributed by atoms with E-state index in [1.165, 1.54) is 5.56 Å². The molecule has 0 saturated carbocycles. The highest BCUT2D eigenvalue weighted by Crippen LogP contribution is 2.03. The van der Waals surface area contributed by atoms with Gasteiger partial charge in [0.25, 0.3) is 5.91 Å². The molecule has 0 aromatic heterocycles. The van der Waals surface area contributed by atoms with Crippen molar-refractivity contribution in [2.24, 2.45) is 5.92 Å². The molecule has 88 valence electrons. The second-order valence-electron chi connectivity index (χ2n) is 4.24. The quantitative estimate of drug-likeness (QED) is 0.791. The average molecular weight is 220 g/mol. The number of aryl methyl sites for hydroxylation is 1. The van der Waals surface area contributed by atoms with Crippen LogP contribution in [-0.4, -0.2) is 26.0 Å². The fourth-order valence-corrected chi connectivity index (χ4v) is 1.49. The van der Waals surface area contributed by atoms with Gasteiger partial charge in [-0.15, -0.1) is 0 Å². The van der Waals surface area contributed by atoms with E-state index in [9.17, 15) is 4.79 Å². The van der Waals surface area contributed by atoms with Crippen molar-refractivity contribution >= 4 is 5.91 Å². The summed E-state index contributed by atoms with van der Waals surface area (Å²) in [5, 5.41) is 6.01. The van der Waals surface area contributed by atoms with Crippen molar-refractivity contribution in [1.82, 2.24) is 10.6 Å². The van der Waals surface area contributed by atoms with E-state index in [0.717, 1.165) is 12.1 Å². The molecule has 0 saturated heterocycles. The van der Waals surface area contributed by atoms with Crippen molar-refractivity contribution in [3.63, 3.8) is 0 Å². The summed E-state index contributed by atoms with van der Waals surface area (Å²) in [7, 11) is 1.91. The Labute approximate surface area is 97.2 Å². The standard InChI is InChI=1S/C13H20N2O/c1-10-4-6-12(7-5-10)13(16)15-9-11(2)8-14-3/h4-7,11,14H,8-9H2,1-3H3,(H,15,16). The molecule has 0 heterocycles. The van der Waals surface area contributed by atoms with Crippen LogP contribution in [0.3, 0.4) is 0 Å². The number of hydrogen-bond donors (Lipinski definition) is 2. The molecule has 0 aliphatic carbocycles. The molecule has 0 radical (unpaired) electrons. The number of carbonyl (C=O) groups excluding carboxylic acids is 1. The second-order valence-corrected chi connectivity index (χ2v) is 4.24. The summed E-state index contributed by atoms with van der Waals surface area (Å²) in [5.41, 5.74) is 1.89. The Hall–Kier alpha value is -1.35. The molecule has 3 heteroatoms. The van der Waals surface area contributed by atoms with Crippen LogP contribution in [0.1, 0.15) is 22.8 Å². The topological polar surface area (TPSA) is 41.1 Å². The van der Waals surface area contributed by atoms with Crippen LogP contribution in [0.2, 0.25) is 0 Å². The van der Waals surface area contributed by atoms with E-state index in [1.54, 1.807) is 0 Å². The molecule has 0 aliphatic rings. The maximum Gasteiger partial charge on any atom is 0.251 e. The first-order valence-electron chi connectivity index (χ1n) is 5.63. The molecule has 1 unspecified atom stereocenters. The van der Waals surface area contributed by atoms with E-state index in [1.807, 2.05) is 38.2 Å². The van der Waals surface area contributed by atoms with Gasteiger partial charge in [0, 0.05) is 12.1 Å². The Kier molecular flexibility index (Phi) is 4.99. The lowest BCUT2D eigenvalue weighted by atomic mass is 10.1. The van der Waals surface area contributed by atoms with Crippen LogP contribution in [-0.2, 0) is 0 Å². The van der Waals surface area contributed by atoms with Crippen LogP contribution < -0.4 is 10.6 Å².